The van der Waals surface area contributed by atoms with Crippen molar-refractivity contribution >= 4 is 65.2 Å². The molecule has 5 heteroatoms. The van der Waals surface area contributed by atoms with Crippen LogP contribution in [0.2, 0.25) is 0 Å². The Morgan fingerprint density at radius 3 is 1.94 bits per heavy atom. The molecule has 218 valence electrons. The Hall–Kier alpha value is -6.46. The van der Waals surface area contributed by atoms with Crippen LogP contribution < -0.4 is 0 Å². The van der Waals surface area contributed by atoms with Gasteiger partial charge in [0.2, 0.25) is 0 Å². The van der Waals surface area contributed by atoms with Crippen LogP contribution >= 0.6 is 0 Å². The summed E-state index contributed by atoms with van der Waals surface area (Å²) < 4.78 is 6.45. The quantitative estimate of drug-likeness (QED) is 0.189. The molecule has 3 aromatic heterocycles. The summed E-state index contributed by atoms with van der Waals surface area (Å²) in [5.74, 6) is 1.79. The summed E-state index contributed by atoms with van der Waals surface area (Å²) in [6.07, 6.45) is 1.90. The molecule has 0 aliphatic carbocycles. The number of fused-ring (bicyclic) bond motifs is 10. The summed E-state index contributed by atoms with van der Waals surface area (Å²) >= 11 is 0. The molecule has 0 N–H and O–H groups in total. The van der Waals surface area contributed by atoms with Gasteiger partial charge < -0.3 is 4.42 Å². The van der Waals surface area contributed by atoms with Crippen LogP contribution in [0.5, 0.6) is 0 Å². The highest BCUT2D eigenvalue weighted by Gasteiger charge is 2.20. The molecule has 0 spiro atoms. The molecule has 3 heterocycles. The van der Waals surface area contributed by atoms with Crippen LogP contribution in [0.15, 0.2) is 150 Å². The molecular formula is C42H24N4O. The van der Waals surface area contributed by atoms with Gasteiger partial charge in [0.1, 0.15) is 11.1 Å². The highest BCUT2D eigenvalue weighted by molar-refractivity contribution is 6.21. The normalized spacial score (nSPS) is 11.8. The zero-order valence-electron chi connectivity index (χ0n) is 25.1. The fraction of sp³-hybridized carbons (Fsp3) is 0. The Balaban J connectivity index is 1.25. The fourth-order valence-corrected chi connectivity index (χ4v) is 6.88. The molecule has 47 heavy (non-hydrogen) atoms. The lowest BCUT2D eigenvalue weighted by Gasteiger charge is -2.11. The van der Waals surface area contributed by atoms with Crippen LogP contribution in [0.1, 0.15) is 0 Å². The molecule has 0 fully saturated rings. The average molecular weight is 601 g/mol. The van der Waals surface area contributed by atoms with Gasteiger partial charge in [0.25, 0.3) is 0 Å². The maximum atomic E-state index is 6.45. The van der Waals surface area contributed by atoms with Crippen LogP contribution in [0, 0.1) is 0 Å². The molecule has 0 aliphatic rings. The largest absolute Gasteiger partial charge is 0.454 e. The van der Waals surface area contributed by atoms with E-state index in [0.717, 1.165) is 49.5 Å². The van der Waals surface area contributed by atoms with Crippen LogP contribution in [-0.4, -0.2) is 19.9 Å². The van der Waals surface area contributed by atoms with Crippen molar-refractivity contribution in [3.8, 4) is 34.2 Å². The molecule has 0 radical (unpaired) electrons. The van der Waals surface area contributed by atoms with E-state index < -0.39 is 0 Å². The number of furan rings is 1. The number of hydrogen-bond acceptors (Lipinski definition) is 5. The monoisotopic (exact) mass is 600 g/mol. The van der Waals surface area contributed by atoms with E-state index in [9.17, 15) is 0 Å². The van der Waals surface area contributed by atoms with Gasteiger partial charge in [-0.25, -0.2) is 15.0 Å². The first kappa shape index (κ1) is 25.8. The fourth-order valence-electron chi connectivity index (χ4n) is 6.88. The van der Waals surface area contributed by atoms with Crippen molar-refractivity contribution in [3.63, 3.8) is 0 Å². The second-order valence-corrected chi connectivity index (χ2v) is 11.9. The molecule has 0 saturated carbocycles. The summed E-state index contributed by atoms with van der Waals surface area (Å²) in [4.78, 5) is 20.1. The first-order valence-corrected chi connectivity index (χ1v) is 15.6. The van der Waals surface area contributed by atoms with Crippen molar-refractivity contribution in [2.75, 3.05) is 0 Å². The number of rotatable bonds is 3. The van der Waals surface area contributed by atoms with E-state index in [4.69, 9.17) is 24.4 Å². The molecule has 10 aromatic rings. The van der Waals surface area contributed by atoms with Gasteiger partial charge in [-0.3, -0.25) is 4.98 Å². The Morgan fingerprint density at radius 2 is 1.09 bits per heavy atom. The number of hydrogen-bond donors (Lipinski definition) is 0. The Bertz CT molecular complexity index is 2850. The van der Waals surface area contributed by atoms with Crippen molar-refractivity contribution < 1.29 is 4.42 Å². The third kappa shape index (κ3) is 4.03. The van der Waals surface area contributed by atoms with E-state index in [-0.39, 0.29) is 0 Å². The molecule has 5 nitrogen and oxygen atoms in total. The van der Waals surface area contributed by atoms with Crippen LogP contribution in [0.3, 0.4) is 0 Å². The highest BCUT2D eigenvalue weighted by atomic mass is 16.3. The maximum Gasteiger partial charge on any atom is 0.164 e. The summed E-state index contributed by atoms with van der Waals surface area (Å²) in [6.45, 7) is 0. The topological polar surface area (TPSA) is 64.7 Å². The van der Waals surface area contributed by atoms with E-state index in [1.54, 1.807) is 0 Å². The highest BCUT2D eigenvalue weighted by Crippen LogP contribution is 2.39. The van der Waals surface area contributed by atoms with Gasteiger partial charge in [-0.2, -0.15) is 0 Å². The van der Waals surface area contributed by atoms with Gasteiger partial charge >= 0.3 is 0 Å². The zero-order chi connectivity index (χ0) is 30.9. The van der Waals surface area contributed by atoms with E-state index in [2.05, 4.69) is 78.9 Å². The van der Waals surface area contributed by atoms with Gasteiger partial charge in [0.05, 0.1) is 5.39 Å². The van der Waals surface area contributed by atoms with E-state index in [0.29, 0.717) is 17.5 Å². The lowest BCUT2D eigenvalue weighted by Crippen LogP contribution is -2.00. The molecule has 0 bridgehead atoms. The summed E-state index contributed by atoms with van der Waals surface area (Å²) in [5.41, 5.74) is 4.99. The van der Waals surface area contributed by atoms with Crippen molar-refractivity contribution in [2.45, 2.75) is 0 Å². The standard InChI is InChI=1S/C42H24N4O/c1-2-10-28(11-3-1)40-44-41(29-22-19-26-18-21-27-20-17-25-9-4-6-13-31(25)36(27)34(26)23-29)46-42(45-40)33-15-8-16-35-37(33)38-39(47-35)32-14-7-5-12-30(32)24-43-38/h1-24H. The molecule has 0 amide bonds. The third-order valence-corrected chi connectivity index (χ3v) is 9.12. The van der Waals surface area contributed by atoms with E-state index in [1.165, 1.54) is 32.3 Å². The Labute approximate surface area is 268 Å². The van der Waals surface area contributed by atoms with Crippen LogP contribution in [-0.2, 0) is 0 Å². The molecule has 0 unspecified atom stereocenters. The molecule has 0 saturated heterocycles. The number of aromatic nitrogens is 4. The summed E-state index contributed by atoms with van der Waals surface area (Å²) in [5, 5.41) is 10.2. The molecule has 7 aromatic carbocycles. The molecule has 0 atom stereocenters. The number of benzene rings is 7. The minimum Gasteiger partial charge on any atom is -0.454 e. The van der Waals surface area contributed by atoms with Crippen LogP contribution in [0.4, 0.5) is 0 Å². The average Bonchev–Trinajstić information content (AvgIpc) is 3.54. The Kier molecular flexibility index (Phi) is 5.51. The lowest BCUT2D eigenvalue weighted by molar-refractivity contribution is 0.672. The molecule has 0 aliphatic heterocycles. The second-order valence-electron chi connectivity index (χ2n) is 11.9. The Morgan fingerprint density at radius 1 is 0.426 bits per heavy atom. The van der Waals surface area contributed by atoms with Crippen molar-refractivity contribution in [1.29, 1.82) is 0 Å². The third-order valence-electron chi connectivity index (χ3n) is 9.12. The molecular weight excluding hydrogens is 576 g/mol. The number of pyridine rings is 1. The minimum atomic E-state index is 0.570. The predicted molar refractivity (Wildman–Crippen MR) is 191 cm³/mol. The minimum absolute atomic E-state index is 0.570. The van der Waals surface area contributed by atoms with Crippen molar-refractivity contribution in [2.24, 2.45) is 0 Å². The maximum absolute atomic E-state index is 6.45. The summed E-state index contributed by atoms with van der Waals surface area (Å²) in [7, 11) is 0. The first-order valence-electron chi connectivity index (χ1n) is 15.6. The van der Waals surface area contributed by atoms with Crippen molar-refractivity contribution in [3.05, 3.63) is 146 Å². The lowest BCUT2D eigenvalue weighted by atomic mass is 9.95. The van der Waals surface area contributed by atoms with Gasteiger partial charge in [-0.05, 0) is 44.5 Å². The smallest absolute Gasteiger partial charge is 0.164 e. The van der Waals surface area contributed by atoms with Gasteiger partial charge in [-0.15, -0.1) is 0 Å². The number of nitrogens with zero attached hydrogens (tertiary/aromatic N) is 4. The summed E-state index contributed by atoms with van der Waals surface area (Å²) in [6, 6.07) is 48.1. The second kappa shape index (κ2) is 10.0. The van der Waals surface area contributed by atoms with Crippen molar-refractivity contribution in [1.82, 2.24) is 19.9 Å². The van der Waals surface area contributed by atoms with Gasteiger partial charge in [0.15, 0.2) is 23.1 Å². The van der Waals surface area contributed by atoms with Gasteiger partial charge in [0, 0.05) is 33.7 Å². The first-order chi connectivity index (χ1) is 23.3. The predicted octanol–water partition coefficient (Wildman–Crippen LogP) is 10.8. The van der Waals surface area contributed by atoms with Gasteiger partial charge in [-0.1, -0.05) is 127 Å². The van der Waals surface area contributed by atoms with Crippen LogP contribution in [0.25, 0.3) is 99.3 Å². The SMILES string of the molecule is c1ccc(-c2nc(-c3ccc4ccc5ccc6ccccc6c5c4c3)nc(-c3cccc4oc5c6ccccc6cnc5c34)n2)cc1. The zero-order valence-corrected chi connectivity index (χ0v) is 25.1. The van der Waals surface area contributed by atoms with E-state index in [1.807, 2.05) is 66.9 Å². The van der Waals surface area contributed by atoms with E-state index >= 15 is 0 Å². The molecule has 10 rings (SSSR count).